The molecule has 1 amide bonds. The molecule has 108 valence electrons. The summed E-state index contributed by atoms with van der Waals surface area (Å²) in [6, 6.07) is 20.3. The monoisotopic (exact) mass is 280 g/mol. The van der Waals surface area contributed by atoms with Crippen LogP contribution in [0.3, 0.4) is 0 Å². The molecule has 1 aliphatic rings. The average Bonchev–Trinajstić information content (AvgIpc) is 3.04. The number of rotatable bonds is 4. The van der Waals surface area contributed by atoms with Gasteiger partial charge in [0.2, 0.25) is 5.91 Å². The van der Waals surface area contributed by atoms with Crippen LogP contribution in [-0.2, 0) is 11.3 Å². The van der Waals surface area contributed by atoms with Crippen LogP contribution in [0.15, 0.2) is 60.7 Å². The Kier molecular flexibility index (Phi) is 4.31. The molecule has 1 saturated heterocycles. The minimum atomic E-state index is -0.0843. The van der Waals surface area contributed by atoms with Crippen molar-refractivity contribution in [3.63, 3.8) is 0 Å². The lowest BCUT2D eigenvalue weighted by Gasteiger charge is -2.12. The van der Waals surface area contributed by atoms with Crippen LogP contribution in [0.4, 0.5) is 0 Å². The van der Waals surface area contributed by atoms with Crippen LogP contribution < -0.4 is 10.6 Å². The van der Waals surface area contributed by atoms with Gasteiger partial charge >= 0.3 is 0 Å². The zero-order chi connectivity index (χ0) is 14.5. The van der Waals surface area contributed by atoms with Crippen LogP contribution in [0, 0.1) is 0 Å². The molecule has 3 nitrogen and oxygen atoms in total. The molecule has 0 saturated carbocycles. The Balaban J connectivity index is 1.53. The van der Waals surface area contributed by atoms with Crippen LogP contribution in [0.2, 0.25) is 0 Å². The average molecular weight is 280 g/mol. The Hall–Kier alpha value is -2.13. The Morgan fingerprint density at radius 2 is 1.71 bits per heavy atom. The summed E-state index contributed by atoms with van der Waals surface area (Å²) in [5.41, 5.74) is 2.44. The standard InChI is InChI=1S/C18H20N2O/c21-18(20-12-14-7-3-1-4-8-14)17-11-16(13-19-17)15-9-5-2-6-10-15/h1-10,16-17,19H,11-13H2,(H,20,21)/t16-,17+/m1/s1. The highest BCUT2D eigenvalue weighted by atomic mass is 16.2. The highest BCUT2D eigenvalue weighted by Crippen LogP contribution is 2.25. The minimum absolute atomic E-state index is 0.0843. The van der Waals surface area contributed by atoms with Crippen molar-refractivity contribution in [2.75, 3.05) is 6.54 Å². The molecule has 0 bridgehead atoms. The van der Waals surface area contributed by atoms with Crippen molar-refractivity contribution >= 4 is 5.91 Å². The number of carbonyl (C=O) groups is 1. The predicted molar refractivity (Wildman–Crippen MR) is 83.9 cm³/mol. The summed E-state index contributed by atoms with van der Waals surface area (Å²) in [5, 5.41) is 6.34. The fraction of sp³-hybridized carbons (Fsp3) is 0.278. The van der Waals surface area contributed by atoms with Crippen molar-refractivity contribution in [3.8, 4) is 0 Å². The van der Waals surface area contributed by atoms with Gasteiger partial charge in [0.1, 0.15) is 0 Å². The predicted octanol–water partition coefficient (Wildman–Crippen LogP) is 2.45. The molecule has 0 radical (unpaired) electrons. The highest BCUT2D eigenvalue weighted by Gasteiger charge is 2.29. The molecule has 0 unspecified atom stereocenters. The SMILES string of the molecule is O=C(NCc1ccccc1)[C@@H]1C[C@@H](c2ccccc2)CN1. The summed E-state index contributed by atoms with van der Waals surface area (Å²) in [6.45, 7) is 1.46. The molecule has 2 aromatic rings. The van der Waals surface area contributed by atoms with E-state index in [0.717, 1.165) is 18.5 Å². The summed E-state index contributed by atoms with van der Waals surface area (Å²) in [5.74, 6) is 0.524. The molecule has 0 aromatic heterocycles. The van der Waals surface area contributed by atoms with Gasteiger partial charge in [-0.25, -0.2) is 0 Å². The summed E-state index contributed by atoms with van der Waals surface area (Å²) in [6.07, 6.45) is 0.866. The third-order valence-electron chi connectivity index (χ3n) is 4.03. The fourth-order valence-electron chi connectivity index (χ4n) is 2.82. The molecule has 1 heterocycles. The molecule has 1 fully saturated rings. The first kappa shape index (κ1) is 13.8. The van der Waals surface area contributed by atoms with Gasteiger partial charge < -0.3 is 10.6 Å². The lowest BCUT2D eigenvalue weighted by molar-refractivity contribution is -0.122. The number of nitrogens with one attached hydrogen (secondary N) is 2. The van der Waals surface area contributed by atoms with E-state index >= 15 is 0 Å². The number of carbonyl (C=O) groups excluding carboxylic acids is 1. The van der Waals surface area contributed by atoms with E-state index in [1.165, 1.54) is 5.56 Å². The highest BCUT2D eigenvalue weighted by molar-refractivity contribution is 5.82. The van der Waals surface area contributed by atoms with Gasteiger partial charge in [-0.2, -0.15) is 0 Å². The van der Waals surface area contributed by atoms with Crippen molar-refractivity contribution in [1.82, 2.24) is 10.6 Å². The second-order valence-electron chi connectivity index (χ2n) is 5.51. The molecule has 2 aromatic carbocycles. The quantitative estimate of drug-likeness (QED) is 0.903. The lowest BCUT2D eigenvalue weighted by Crippen LogP contribution is -2.39. The maximum atomic E-state index is 12.2. The van der Waals surface area contributed by atoms with E-state index in [-0.39, 0.29) is 11.9 Å². The number of hydrogen-bond donors (Lipinski definition) is 2. The molecule has 0 aliphatic carbocycles. The van der Waals surface area contributed by atoms with Gasteiger partial charge in [0.05, 0.1) is 6.04 Å². The van der Waals surface area contributed by atoms with Gasteiger partial charge in [0.15, 0.2) is 0 Å². The van der Waals surface area contributed by atoms with E-state index in [9.17, 15) is 4.79 Å². The van der Waals surface area contributed by atoms with Crippen LogP contribution in [-0.4, -0.2) is 18.5 Å². The number of hydrogen-bond acceptors (Lipinski definition) is 2. The summed E-state index contributed by atoms with van der Waals surface area (Å²) < 4.78 is 0. The maximum absolute atomic E-state index is 12.2. The van der Waals surface area contributed by atoms with Gasteiger partial charge in [-0.15, -0.1) is 0 Å². The Labute approximate surface area is 125 Å². The van der Waals surface area contributed by atoms with E-state index < -0.39 is 0 Å². The van der Waals surface area contributed by atoms with Crippen molar-refractivity contribution in [1.29, 1.82) is 0 Å². The summed E-state index contributed by atoms with van der Waals surface area (Å²) in [7, 11) is 0. The first-order valence-electron chi connectivity index (χ1n) is 7.43. The van der Waals surface area contributed by atoms with Crippen molar-refractivity contribution in [2.45, 2.75) is 24.9 Å². The van der Waals surface area contributed by atoms with E-state index in [2.05, 4.69) is 34.9 Å². The third kappa shape index (κ3) is 3.50. The lowest BCUT2D eigenvalue weighted by atomic mass is 9.96. The molecule has 0 spiro atoms. The van der Waals surface area contributed by atoms with Crippen molar-refractivity contribution in [3.05, 3.63) is 71.8 Å². The minimum Gasteiger partial charge on any atom is -0.351 e. The smallest absolute Gasteiger partial charge is 0.237 e. The molecule has 2 atom stereocenters. The van der Waals surface area contributed by atoms with Crippen LogP contribution >= 0.6 is 0 Å². The molecule has 1 aliphatic heterocycles. The van der Waals surface area contributed by atoms with E-state index in [4.69, 9.17) is 0 Å². The Bertz CT molecular complexity index is 583. The van der Waals surface area contributed by atoms with Gasteiger partial charge in [0, 0.05) is 13.1 Å². The molecule has 21 heavy (non-hydrogen) atoms. The first-order chi connectivity index (χ1) is 10.3. The van der Waals surface area contributed by atoms with Crippen molar-refractivity contribution in [2.24, 2.45) is 0 Å². The van der Waals surface area contributed by atoms with E-state index in [1.807, 2.05) is 36.4 Å². The zero-order valence-corrected chi connectivity index (χ0v) is 12.0. The summed E-state index contributed by atoms with van der Waals surface area (Å²) in [4.78, 5) is 12.2. The normalized spacial score (nSPS) is 21.1. The van der Waals surface area contributed by atoms with Crippen molar-refractivity contribution < 1.29 is 4.79 Å². The first-order valence-corrected chi connectivity index (χ1v) is 7.43. The van der Waals surface area contributed by atoms with Crippen LogP contribution in [0.1, 0.15) is 23.5 Å². The topological polar surface area (TPSA) is 41.1 Å². The van der Waals surface area contributed by atoms with Gasteiger partial charge in [-0.05, 0) is 23.5 Å². The molecular weight excluding hydrogens is 260 g/mol. The molecule has 2 N–H and O–H groups in total. The number of amides is 1. The third-order valence-corrected chi connectivity index (χ3v) is 4.03. The molecular formula is C18H20N2O. The molecule has 3 rings (SSSR count). The molecule has 3 heteroatoms. The fourth-order valence-corrected chi connectivity index (χ4v) is 2.82. The van der Waals surface area contributed by atoms with E-state index in [0.29, 0.717) is 12.5 Å². The van der Waals surface area contributed by atoms with E-state index in [1.54, 1.807) is 0 Å². The summed E-state index contributed by atoms with van der Waals surface area (Å²) >= 11 is 0. The zero-order valence-electron chi connectivity index (χ0n) is 12.0. The van der Waals surface area contributed by atoms with Crippen LogP contribution in [0.5, 0.6) is 0 Å². The largest absolute Gasteiger partial charge is 0.351 e. The second-order valence-corrected chi connectivity index (χ2v) is 5.51. The second kappa shape index (κ2) is 6.55. The maximum Gasteiger partial charge on any atom is 0.237 e. The number of benzene rings is 2. The van der Waals surface area contributed by atoms with Gasteiger partial charge in [0.25, 0.3) is 0 Å². The Morgan fingerprint density at radius 1 is 1.05 bits per heavy atom. The Morgan fingerprint density at radius 3 is 2.43 bits per heavy atom. The van der Waals surface area contributed by atoms with Gasteiger partial charge in [-0.3, -0.25) is 4.79 Å². The van der Waals surface area contributed by atoms with Crippen LogP contribution in [0.25, 0.3) is 0 Å². The van der Waals surface area contributed by atoms with Gasteiger partial charge in [-0.1, -0.05) is 60.7 Å².